The van der Waals surface area contributed by atoms with E-state index in [1.807, 2.05) is 17.4 Å². The third-order valence-electron chi connectivity index (χ3n) is 3.79. The minimum absolute atomic E-state index is 0.197. The van der Waals surface area contributed by atoms with Gasteiger partial charge in [-0.05, 0) is 36.1 Å². The van der Waals surface area contributed by atoms with Crippen LogP contribution in [0, 0.1) is 17.8 Å². The second-order valence-corrected chi connectivity index (χ2v) is 6.00. The van der Waals surface area contributed by atoms with Crippen LogP contribution < -0.4 is 0 Å². The Kier molecular flexibility index (Phi) is 4.46. The van der Waals surface area contributed by atoms with Crippen molar-refractivity contribution in [3.8, 4) is 0 Å². The summed E-state index contributed by atoms with van der Waals surface area (Å²) >= 11 is 1.81. The predicted octanol–water partition coefficient (Wildman–Crippen LogP) is 3.07. The van der Waals surface area contributed by atoms with Gasteiger partial charge in [0.2, 0.25) is 0 Å². The molecular weight excluding hydrogens is 227 g/mol. The first kappa shape index (κ1) is 12.9. The van der Waals surface area contributed by atoms with Gasteiger partial charge in [-0.3, -0.25) is 0 Å². The van der Waals surface area contributed by atoms with E-state index in [2.05, 4.69) is 30.5 Å². The Morgan fingerprint density at radius 3 is 3.06 bits per heavy atom. The van der Waals surface area contributed by atoms with Crippen LogP contribution in [0.5, 0.6) is 0 Å². The Morgan fingerprint density at radius 2 is 2.41 bits per heavy atom. The van der Waals surface area contributed by atoms with E-state index in [1.54, 1.807) is 0 Å². The molecule has 1 saturated carbocycles. The van der Waals surface area contributed by atoms with Gasteiger partial charge in [-0.2, -0.15) is 0 Å². The first-order valence-electron chi connectivity index (χ1n) is 6.29. The lowest BCUT2D eigenvalue weighted by atomic mass is 9.85. The molecule has 2 rings (SSSR count). The molecule has 1 nitrogen and oxygen atoms in total. The minimum Gasteiger partial charge on any atom is -0.392 e. The van der Waals surface area contributed by atoms with Gasteiger partial charge < -0.3 is 5.11 Å². The fourth-order valence-corrected chi connectivity index (χ4v) is 3.66. The summed E-state index contributed by atoms with van der Waals surface area (Å²) in [5, 5.41) is 12.2. The molecule has 1 heterocycles. The molecule has 1 aromatic rings. The lowest BCUT2D eigenvalue weighted by Crippen LogP contribution is -2.19. The highest BCUT2D eigenvalue weighted by Gasteiger charge is 2.38. The molecule has 0 amide bonds. The highest BCUT2D eigenvalue weighted by Crippen LogP contribution is 2.40. The van der Waals surface area contributed by atoms with Gasteiger partial charge in [-0.1, -0.05) is 31.5 Å². The Hall–Kier alpha value is -0.535. The smallest absolute Gasteiger partial charge is 0.0708 e. The van der Waals surface area contributed by atoms with Gasteiger partial charge in [0.1, 0.15) is 0 Å². The molecule has 0 aliphatic heterocycles. The van der Waals surface area contributed by atoms with Gasteiger partial charge >= 0.3 is 0 Å². The van der Waals surface area contributed by atoms with Crippen LogP contribution in [0.25, 0.3) is 0 Å². The number of thiophene rings is 1. The summed E-state index contributed by atoms with van der Waals surface area (Å²) in [5.41, 5.74) is 0. The maximum Gasteiger partial charge on any atom is 0.0708 e. The molecule has 4 unspecified atom stereocenters. The van der Waals surface area contributed by atoms with Crippen LogP contribution in [0.1, 0.15) is 18.2 Å². The molecule has 4 atom stereocenters. The number of allylic oxidation sites excluding steroid dienone is 1. The summed E-state index contributed by atoms with van der Waals surface area (Å²) in [6.45, 7) is 2.25. The molecule has 0 spiro atoms. The monoisotopic (exact) mass is 246 g/mol. The molecule has 1 aromatic heterocycles. The van der Waals surface area contributed by atoms with Crippen molar-refractivity contribution in [2.45, 2.75) is 32.2 Å². The van der Waals surface area contributed by atoms with Crippen molar-refractivity contribution in [2.24, 2.45) is 17.8 Å². The molecule has 17 heavy (non-hydrogen) atoms. The van der Waals surface area contributed by atoms with Crippen LogP contribution in [-0.2, 0) is 6.42 Å². The highest BCUT2D eigenvalue weighted by atomic mass is 32.1. The summed E-state index contributed by atoms with van der Waals surface area (Å²) in [6.07, 6.45) is 6.45. The molecule has 0 bridgehead atoms. The topological polar surface area (TPSA) is 20.2 Å². The van der Waals surface area contributed by atoms with E-state index in [4.69, 9.17) is 7.85 Å². The second-order valence-electron chi connectivity index (χ2n) is 4.97. The molecule has 1 aliphatic rings. The van der Waals surface area contributed by atoms with Crippen LogP contribution in [0.3, 0.4) is 0 Å². The van der Waals surface area contributed by atoms with Crippen molar-refractivity contribution < 1.29 is 5.11 Å². The summed E-state index contributed by atoms with van der Waals surface area (Å²) < 4.78 is 0. The summed E-state index contributed by atoms with van der Waals surface area (Å²) in [5.74, 6) is 1.40. The van der Waals surface area contributed by atoms with Gasteiger partial charge in [-0.25, -0.2) is 0 Å². The van der Waals surface area contributed by atoms with E-state index in [0.29, 0.717) is 18.2 Å². The lowest BCUT2D eigenvalue weighted by molar-refractivity contribution is 0.141. The number of hydrogen-bond donors (Lipinski definition) is 1. The van der Waals surface area contributed by atoms with E-state index < -0.39 is 0 Å². The molecule has 0 aromatic carbocycles. The molecule has 1 aliphatic carbocycles. The van der Waals surface area contributed by atoms with Gasteiger partial charge in [0.25, 0.3) is 0 Å². The Bertz CT molecular complexity index is 360. The fraction of sp³-hybridized carbons (Fsp3) is 0.571. The first-order chi connectivity index (χ1) is 8.22. The molecule has 2 radical (unpaired) electrons. The number of aliphatic hydroxyl groups excluding tert-OH is 1. The van der Waals surface area contributed by atoms with Crippen LogP contribution in [0.15, 0.2) is 29.7 Å². The summed E-state index contributed by atoms with van der Waals surface area (Å²) in [7, 11) is 5.50. The van der Waals surface area contributed by atoms with Gasteiger partial charge in [-0.15, -0.1) is 11.3 Å². The van der Waals surface area contributed by atoms with E-state index >= 15 is 0 Å². The number of hydrogen-bond acceptors (Lipinski definition) is 2. The van der Waals surface area contributed by atoms with Crippen molar-refractivity contribution in [3.05, 3.63) is 34.5 Å². The molecule has 90 valence electrons. The molecule has 1 N–H and O–H groups in total. The predicted molar refractivity (Wildman–Crippen MR) is 74.5 cm³/mol. The highest BCUT2D eigenvalue weighted by molar-refractivity contribution is 7.09. The zero-order chi connectivity index (χ0) is 12.3. The van der Waals surface area contributed by atoms with E-state index in [0.717, 1.165) is 12.8 Å². The first-order valence-corrected chi connectivity index (χ1v) is 7.17. The largest absolute Gasteiger partial charge is 0.392 e. The molecule has 1 fully saturated rings. The average molecular weight is 246 g/mol. The minimum atomic E-state index is -0.197. The Labute approximate surface area is 109 Å². The van der Waals surface area contributed by atoms with Gasteiger partial charge in [0.15, 0.2) is 0 Å². The van der Waals surface area contributed by atoms with Gasteiger partial charge in [0, 0.05) is 10.8 Å². The molecule has 3 heteroatoms. The SMILES string of the molecule is [B]C/C=C/C1C(O)CC(C)C1Cc1cccs1. The van der Waals surface area contributed by atoms with Crippen molar-refractivity contribution in [2.75, 3.05) is 0 Å². The van der Waals surface area contributed by atoms with Crippen LogP contribution in [-0.4, -0.2) is 19.1 Å². The number of aliphatic hydroxyl groups is 1. The van der Waals surface area contributed by atoms with Crippen LogP contribution in [0.2, 0.25) is 6.32 Å². The zero-order valence-corrected chi connectivity index (χ0v) is 11.1. The lowest BCUT2D eigenvalue weighted by Gasteiger charge is -2.20. The third kappa shape index (κ3) is 3.02. The summed E-state index contributed by atoms with van der Waals surface area (Å²) in [6, 6.07) is 4.28. The maximum atomic E-state index is 10.1. The number of rotatable bonds is 4. The Morgan fingerprint density at radius 1 is 1.59 bits per heavy atom. The maximum absolute atomic E-state index is 10.1. The Balaban J connectivity index is 2.08. The van der Waals surface area contributed by atoms with Crippen molar-refractivity contribution in [1.82, 2.24) is 0 Å². The van der Waals surface area contributed by atoms with E-state index in [1.165, 1.54) is 4.88 Å². The van der Waals surface area contributed by atoms with E-state index in [9.17, 15) is 5.11 Å². The summed E-state index contributed by atoms with van der Waals surface area (Å²) in [4.78, 5) is 1.42. The molecular formula is C14H19BOS. The quantitative estimate of drug-likeness (QED) is 0.639. The van der Waals surface area contributed by atoms with Crippen LogP contribution >= 0.6 is 11.3 Å². The molecule has 0 saturated heterocycles. The van der Waals surface area contributed by atoms with Crippen LogP contribution in [0.4, 0.5) is 0 Å². The normalized spacial score (nSPS) is 33.5. The van der Waals surface area contributed by atoms with Gasteiger partial charge in [0.05, 0.1) is 14.0 Å². The fourth-order valence-electron chi connectivity index (χ4n) is 2.88. The second kappa shape index (κ2) is 5.88. The van der Waals surface area contributed by atoms with Crippen molar-refractivity contribution in [3.63, 3.8) is 0 Å². The van der Waals surface area contributed by atoms with Crippen molar-refractivity contribution >= 4 is 19.2 Å². The average Bonchev–Trinajstić information content (AvgIpc) is 2.88. The third-order valence-corrected chi connectivity index (χ3v) is 4.69. The van der Waals surface area contributed by atoms with E-state index in [-0.39, 0.29) is 12.0 Å². The zero-order valence-electron chi connectivity index (χ0n) is 10.3. The van der Waals surface area contributed by atoms with Crippen molar-refractivity contribution in [1.29, 1.82) is 0 Å². The standard InChI is InChI=1S/C14H19BOS/c1-10-8-14(16)12(5-2-6-15)13(10)9-11-4-3-7-17-11/h2-5,7,10,12-14,16H,6,8-9H2,1H3/b5-2+.